The number of nitrogens with one attached hydrogen (secondary N) is 1. The summed E-state index contributed by atoms with van der Waals surface area (Å²) in [6, 6.07) is 21.0. The van der Waals surface area contributed by atoms with E-state index in [4.69, 9.17) is 21.6 Å². The molecule has 0 fully saturated rings. The number of benzene rings is 3. The van der Waals surface area contributed by atoms with Crippen molar-refractivity contribution in [2.75, 3.05) is 5.32 Å². The highest BCUT2D eigenvalue weighted by Gasteiger charge is 2.16. The predicted molar refractivity (Wildman–Crippen MR) is 123 cm³/mol. The molecule has 0 aliphatic rings. The van der Waals surface area contributed by atoms with Crippen molar-refractivity contribution in [1.29, 1.82) is 5.26 Å². The molecule has 7 heteroatoms. The standard InChI is InChI=1S/C23H16BrClN4O/c1-2-17-21(25)28-23(27-16-10-7-14(13-26)8-11-16)29-22(17)30-19-12-9-15-5-3-4-6-18(15)20(19)24/h3-12H,2H2,1H3,(H,27,28,29). The molecular formula is C23H16BrClN4O. The SMILES string of the molecule is CCc1c(Cl)nc(Nc2ccc(C#N)cc2)nc1Oc1ccc2ccccc2c1Br. The first-order valence-electron chi connectivity index (χ1n) is 9.27. The maximum absolute atomic E-state index is 8.94. The van der Waals surface area contributed by atoms with E-state index in [-0.39, 0.29) is 0 Å². The van der Waals surface area contributed by atoms with Gasteiger partial charge in [-0.25, -0.2) is 4.98 Å². The Kier molecular flexibility index (Phi) is 5.84. The smallest absolute Gasteiger partial charge is 0.231 e. The van der Waals surface area contributed by atoms with E-state index in [0.717, 1.165) is 26.5 Å². The lowest BCUT2D eigenvalue weighted by Gasteiger charge is -2.14. The van der Waals surface area contributed by atoms with Crippen LogP contribution in [-0.2, 0) is 6.42 Å². The molecule has 0 aliphatic heterocycles. The monoisotopic (exact) mass is 478 g/mol. The van der Waals surface area contributed by atoms with Crippen molar-refractivity contribution in [3.05, 3.63) is 81.4 Å². The van der Waals surface area contributed by atoms with Gasteiger partial charge in [0.15, 0.2) is 0 Å². The minimum Gasteiger partial charge on any atom is -0.437 e. The van der Waals surface area contributed by atoms with Crippen molar-refractivity contribution in [1.82, 2.24) is 9.97 Å². The van der Waals surface area contributed by atoms with Crippen molar-refractivity contribution >= 4 is 49.9 Å². The molecule has 0 radical (unpaired) electrons. The van der Waals surface area contributed by atoms with E-state index in [2.05, 4.69) is 37.3 Å². The summed E-state index contributed by atoms with van der Waals surface area (Å²) in [5.74, 6) is 1.35. The van der Waals surface area contributed by atoms with Gasteiger partial charge >= 0.3 is 0 Å². The summed E-state index contributed by atoms with van der Waals surface area (Å²) in [6.07, 6.45) is 0.622. The van der Waals surface area contributed by atoms with E-state index in [1.165, 1.54) is 0 Å². The Labute approximate surface area is 187 Å². The van der Waals surface area contributed by atoms with Crippen molar-refractivity contribution in [2.45, 2.75) is 13.3 Å². The average molecular weight is 480 g/mol. The summed E-state index contributed by atoms with van der Waals surface area (Å²) in [4.78, 5) is 8.89. The molecule has 1 heterocycles. The van der Waals surface area contributed by atoms with Crippen molar-refractivity contribution in [2.24, 2.45) is 0 Å². The first kappa shape index (κ1) is 20.1. The van der Waals surface area contributed by atoms with E-state index in [1.807, 2.05) is 43.3 Å². The molecule has 148 valence electrons. The fourth-order valence-corrected chi connectivity index (χ4v) is 3.90. The second-order valence-electron chi connectivity index (χ2n) is 6.49. The van der Waals surface area contributed by atoms with Crippen LogP contribution in [0.3, 0.4) is 0 Å². The molecule has 0 unspecified atom stereocenters. The number of anilines is 2. The van der Waals surface area contributed by atoms with Crippen LogP contribution >= 0.6 is 27.5 Å². The molecule has 3 aromatic carbocycles. The summed E-state index contributed by atoms with van der Waals surface area (Å²) < 4.78 is 7.02. The minimum atomic E-state index is 0.314. The Morgan fingerprint density at radius 3 is 2.57 bits per heavy atom. The zero-order valence-corrected chi connectivity index (χ0v) is 18.3. The highest BCUT2D eigenvalue weighted by Crippen LogP contribution is 2.37. The van der Waals surface area contributed by atoms with Gasteiger partial charge in [0.25, 0.3) is 0 Å². The Hall–Kier alpha value is -3.14. The molecule has 4 aromatic rings. The van der Waals surface area contributed by atoms with E-state index in [0.29, 0.717) is 34.7 Å². The molecule has 1 aromatic heterocycles. The lowest BCUT2D eigenvalue weighted by atomic mass is 10.1. The Morgan fingerprint density at radius 1 is 1.07 bits per heavy atom. The number of hydrogen-bond acceptors (Lipinski definition) is 5. The number of nitriles is 1. The highest BCUT2D eigenvalue weighted by atomic mass is 79.9. The van der Waals surface area contributed by atoms with Gasteiger partial charge in [-0.05, 0) is 63.5 Å². The normalized spacial score (nSPS) is 10.6. The predicted octanol–water partition coefficient (Wildman–Crippen LogP) is 7.02. The third kappa shape index (κ3) is 4.09. The number of hydrogen-bond donors (Lipinski definition) is 1. The van der Waals surface area contributed by atoms with Gasteiger partial charge in [0, 0.05) is 5.69 Å². The van der Waals surface area contributed by atoms with Crippen molar-refractivity contribution in [3.63, 3.8) is 0 Å². The largest absolute Gasteiger partial charge is 0.437 e. The second kappa shape index (κ2) is 8.70. The third-order valence-corrected chi connectivity index (χ3v) is 5.71. The lowest BCUT2D eigenvalue weighted by molar-refractivity contribution is 0.454. The second-order valence-corrected chi connectivity index (χ2v) is 7.64. The van der Waals surface area contributed by atoms with Crippen molar-refractivity contribution < 1.29 is 4.74 Å². The summed E-state index contributed by atoms with van der Waals surface area (Å²) in [5, 5.41) is 14.5. The first-order valence-corrected chi connectivity index (χ1v) is 10.4. The van der Waals surface area contributed by atoms with Gasteiger partial charge in [-0.3, -0.25) is 0 Å². The molecule has 0 bridgehead atoms. The maximum Gasteiger partial charge on any atom is 0.231 e. The third-order valence-electron chi connectivity index (χ3n) is 4.58. The molecule has 5 nitrogen and oxygen atoms in total. The van der Waals surface area contributed by atoms with Gasteiger partial charge < -0.3 is 10.1 Å². The molecule has 0 saturated carbocycles. The molecule has 30 heavy (non-hydrogen) atoms. The van der Waals surface area contributed by atoms with Crippen LogP contribution in [0, 0.1) is 11.3 Å². The molecule has 0 amide bonds. The van der Waals surface area contributed by atoms with Crippen LogP contribution < -0.4 is 10.1 Å². The number of fused-ring (bicyclic) bond motifs is 1. The minimum absolute atomic E-state index is 0.314. The van der Waals surface area contributed by atoms with E-state index < -0.39 is 0 Å². The van der Waals surface area contributed by atoms with Crippen molar-refractivity contribution in [3.8, 4) is 17.7 Å². The van der Waals surface area contributed by atoms with Crippen LogP contribution in [0.4, 0.5) is 11.6 Å². The topological polar surface area (TPSA) is 70.8 Å². The number of halogens is 2. The average Bonchev–Trinajstić information content (AvgIpc) is 2.76. The van der Waals surface area contributed by atoms with Crippen LogP contribution in [0.5, 0.6) is 11.6 Å². The van der Waals surface area contributed by atoms with Gasteiger partial charge in [-0.1, -0.05) is 48.9 Å². The van der Waals surface area contributed by atoms with Gasteiger partial charge in [0.1, 0.15) is 10.9 Å². The zero-order chi connectivity index (χ0) is 21.1. The maximum atomic E-state index is 8.94. The quantitative estimate of drug-likeness (QED) is 0.312. The molecular weight excluding hydrogens is 464 g/mol. The highest BCUT2D eigenvalue weighted by molar-refractivity contribution is 9.10. The summed E-state index contributed by atoms with van der Waals surface area (Å²) in [6.45, 7) is 1.97. The van der Waals surface area contributed by atoms with Crippen LogP contribution in [-0.4, -0.2) is 9.97 Å². The summed E-state index contributed by atoms with van der Waals surface area (Å²) >= 11 is 10.1. The molecule has 4 rings (SSSR count). The molecule has 0 atom stereocenters. The van der Waals surface area contributed by atoms with Crippen LogP contribution in [0.25, 0.3) is 10.8 Å². The van der Waals surface area contributed by atoms with Gasteiger partial charge in [0.05, 0.1) is 21.7 Å². The number of aromatic nitrogens is 2. The molecule has 0 spiro atoms. The van der Waals surface area contributed by atoms with Crippen LogP contribution in [0.2, 0.25) is 5.15 Å². The molecule has 1 N–H and O–H groups in total. The van der Waals surface area contributed by atoms with Crippen LogP contribution in [0.15, 0.2) is 65.1 Å². The van der Waals surface area contributed by atoms with Gasteiger partial charge in [0.2, 0.25) is 11.8 Å². The van der Waals surface area contributed by atoms with Crippen LogP contribution in [0.1, 0.15) is 18.1 Å². The Bertz CT molecular complexity index is 1270. The summed E-state index contributed by atoms with van der Waals surface area (Å²) in [5.41, 5.74) is 2.04. The Morgan fingerprint density at radius 2 is 1.83 bits per heavy atom. The fraction of sp³-hybridized carbons (Fsp3) is 0.0870. The molecule has 0 saturated heterocycles. The number of rotatable bonds is 5. The van der Waals surface area contributed by atoms with E-state index in [1.54, 1.807) is 24.3 Å². The first-order chi connectivity index (χ1) is 14.6. The van der Waals surface area contributed by atoms with E-state index >= 15 is 0 Å². The summed E-state index contributed by atoms with van der Waals surface area (Å²) in [7, 11) is 0. The van der Waals surface area contributed by atoms with Gasteiger partial charge in [-0.15, -0.1) is 0 Å². The van der Waals surface area contributed by atoms with Gasteiger partial charge in [-0.2, -0.15) is 10.2 Å². The zero-order valence-electron chi connectivity index (χ0n) is 16.0. The fourth-order valence-electron chi connectivity index (χ4n) is 3.03. The number of ether oxygens (including phenoxy) is 1. The lowest BCUT2D eigenvalue weighted by Crippen LogP contribution is -2.03. The number of nitrogens with zero attached hydrogens (tertiary/aromatic N) is 3. The van der Waals surface area contributed by atoms with E-state index in [9.17, 15) is 0 Å². The Balaban J connectivity index is 1.70. The molecule has 0 aliphatic carbocycles.